The molecule has 20 heavy (non-hydrogen) atoms. The van der Waals surface area contributed by atoms with Crippen molar-refractivity contribution < 1.29 is 9.84 Å². The number of phenols is 1. The molecular weight excluding hydrogens is 274 g/mol. The summed E-state index contributed by atoms with van der Waals surface area (Å²) in [4.78, 5) is 0. The Labute approximate surface area is 124 Å². The van der Waals surface area contributed by atoms with Crippen molar-refractivity contribution in [1.29, 1.82) is 0 Å². The molecule has 2 aromatic carbocycles. The van der Waals surface area contributed by atoms with Gasteiger partial charge in [0.15, 0.2) is 0 Å². The zero-order valence-electron chi connectivity index (χ0n) is 11.6. The van der Waals surface area contributed by atoms with E-state index in [1.54, 1.807) is 25.3 Å². The highest BCUT2D eigenvalue weighted by Gasteiger charge is 2.08. The average molecular weight is 292 g/mol. The molecule has 2 rings (SSSR count). The largest absolute Gasteiger partial charge is 0.506 e. The molecule has 106 valence electrons. The van der Waals surface area contributed by atoms with Crippen molar-refractivity contribution in [3.8, 4) is 11.5 Å². The first-order valence-corrected chi connectivity index (χ1v) is 6.85. The van der Waals surface area contributed by atoms with Crippen LogP contribution in [0.1, 0.15) is 12.5 Å². The van der Waals surface area contributed by atoms with E-state index < -0.39 is 0 Å². The van der Waals surface area contributed by atoms with Crippen molar-refractivity contribution in [3.05, 3.63) is 53.1 Å². The fourth-order valence-corrected chi connectivity index (χ4v) is 2.31. The quantitative estimate of drug-likeness (QED) is 0.815. The highest BCUT2D eigenvalue weighted by Crippen LogP contribution is 2.27. The van der Waals surface area contributed by atoms with Crippen LogP contribution < -0.4 is 10.1 Å². The van der Waals surface area contributed by atoms with Crippen LogP contribution >= 0.6 is 11.6 Å². The molecule has 0 aromatic heterocycles. The predicted octanol–water partition coefficient (Wildman–Crippen LogP) is 4.10. The molecule has 0 fully saturated rings. The lowest BCUT2D eigenvalue weighted by molar-refractivity contribution is 0.409. The summed E-state index contributed by atoms with van der Waals surface area (Å²) >= 11 is 5.90. The topological polar surface area (TPSA) is 41.5 Å². The molecule has 0 saturated carbocycles. The van der Waals surface area contributed by atoms with Crippen LogP contribution in [0.2, 0.25) is 5.02 Å². The number of halogens is 1. The van der Waals surface area contributed by atoms with Crippen LogP contribution in [0.5, 0.6) is 11.5 Å². The van der Waals surface area contributed by atoms with Gasteiger partial charge in [0.25, 0.3) is 0 Å². The van der Waals surface area contributed by atoms with E-state index in [0.29, 0.717) is 5.02 Å². The summed E-state index contributed by atoms with van der Waals surface area (Å²) in [7, 11) is 1.68. The lowest BCUT2D eigenvalue weighted by atomic mass is 10.1. The fourth-order valence-electron chi connectivity index (χ4n) is 2.13. The number of hydrogen-bond donors (Lipinski definition) is 2. The molecule has 0 heterocycles. The van der Waals surface area contributed by atoms with Crippen LogP contribution in [-0.4, -0.2) is 18.3 Å². The molecule has 4 heteroatoms. The summed E-state index contributed by atoms with van der Waals surface area (Å²) in [5.74, 6) is 0.986. The van der Waals surface area contributed by atoms with Crippen molar-refractivity contribution in [2.24, 2.45) is 0 Å². The Hall–Kier alpha value is -1.87. The summed E-state index contributed by atoms with van der Waals surface area (Å²) < 4.78 is 5.35. The van der Waals surface area contributed by atoms with Crippen molar-refractivity contribution in [2.45, 2.75) is 19.4 Å². The number of aromatic hydroxyl groups is 1. The van der Waals surface area contributed by atoms with E-state index in [4.69, 9.17) is 16.3 Å². The molecule has 1 unspecified atom stereocenters. The standard InChI is InChI=1S/C16H18ClNO2/c1-11(9-12-5-3-4-6-16(12)20-2)18-13-7-8-15(19)14(17)10-13/h3-8,10-11,18-19H,9H2,1-2H3. The molecule has 0 aliphatic carbocycles. The van der Waals surface area contributed by atoms with Gasteiger partial charge in [0.1, 0.15) is 11.5 Å². The van der Waals surface area contributed by atoms with Gasteiger partial charge in [0.2, 0.25) is 0 Å². The molecule has 0 radical (unpaired) electrons. The highest BCUT2D eigenvalue weighted by molar-refractivity contribution is 6.32. The molecule has 0 spiro atoms. The number of hydrogen-bond acceptors (Lipinski definition) is 3. The van der Waals surface area contributed by atoms with Gasteiger partial charge in [0, 0.05) is 11.7 Å². The van der Waals surface area contributed by atoms with Gasteiger partial charge < -0.3 is 15.2 Å². The Bertz CT molecular complexity index is 586. The number of nitrogens with one attached hydrogen (secondary N) is 1. The second-order valence-electron chi connectivity index (χ2n) is 4.73. The third-order valence-corrected chi connectivity index (χ3v) is 3.38. The Morgan fingerprint density at radius 1 is 1.25 bits per heavy atom. The molecule has 0 aliphatic heterocycles. The second kappa shape index (κ2) is 6.53. The number of ether oxygens (including phenoxy) is 1. The number of anilines is 1. The summed E-state index contributed by atoms with van der Waals surface area (Å²) in [5, 5.41) is 13.1. The maximum absolute atomic E-state index is 9.41. The summed E-state index contributed by atoms with van der Waals surface area (Å²) in [6.07, 6.45) is 0.836. The fraction of sp³-hybridized carbons (Fsp3) is 0.250. The Morgan fingerprint density at radius 2 is 2.00 bits per heavy atom. The Balaban J connectivity index is 2.05. The van der Waals surface area contributed by atoms with Gasteiger partial charge in [0.05, 0.1) is 12.1 Å². The first-order valence-electron chi connectivity index (χ1n) is 6.47. The average Bonchev–Trinajstić information content (AvgIpc) is 2.43. The number of para-hydroxylation sites is 1. The van der Waals surface area contributed by atoms with E-state index >= 15 is 0 Å². The molecule has 0 bridgehead atoms. The third-order valence-electron chi connectivity index (χ3n) is 3.08. The normalized spacial score (nSPS) is 11.9. The van der Waals surface area contributed by atoms with Crippen LogP contribution in [0.4, 0.5) is 5.69 Å². The van der Waals surface area contributed by atoms with Crippen molar-refractivity contribution in [2.75, 3.05) is 12.4 Å². The first-order chi connectivity index (χ1) is 9.60. The summed E-state index contributed by atoms with van der Waals surface area (Å²) in [5.41, 5.74) is 2.04. The Morgan fingerprint density at radius 3 is 2.70 bits per heavy atom. The molecule has 3 nitrogen and oxygen atoms in total. The van der Waals surface area contributed by atoms with Gasteiger partial charge in [-0.1, -0.05) is 29.8 Å². The molecule has 0 saturated heterocycles. The molecule has 2 N–H and O–H groups in total. The van der Waals surface area contributed by atoms with Gasteiger partial charge in [-0.15, -0.1) is 0 Å². The van der Waals surface area contributed by atoms with Crippen LogP contribution in [0.15, 0.2) is 42.5 Å². The van der Waals surface area contributed by atoms with E-state index in [-0.39, 0.29) is 11.8 Å². The van der Waals surface area contributed by atoms with E-state index in [2.05, 4.69) is 18.3 Å². The minimum absolute atomic E-state index is 0.0922. The van der Waals surface area contributed by atoms with E-state index in [0.717, 1.165) is 23.4 Å². The van der Waals surface area contributed by atoms with Crippen LogP contribution in [0.25, 0.3) is 0 Å². The lowest BCUT2D eigenvalue weighted by Gasteiger charge is -2.17. The van der Waals surface area contributed by atoms with Crippen molar-refractivity contribution in [1.82, 2.24) is 0 Å². The zero-order valence-corrected chi connectivity index (χ0v) is 12.3. The number of benzene rings is 2. The lowest BCUT2D eigenvalue weighted by Crippen LogP contribution is -2.18. The third kappa shape index (κ3) is 3.58. The minimum Gasteiger partial charge on any atom is -0.506 e. The molecule has 0 amide bonds. The van der Waals surface area contributed by atoms with Crippen LogP contribution in [0, 0.1) is 0 Å². The maximum Gasteiger partial charge on any atom is 0.134 e. The van der Waals surface area contributed by atoms with E-state index in [1.165, 1.54) is 0 Å². The van der Waals surface area contributed by atoms with Gasteiger partial charge in [-0.3, -0.25) is 0 Å². The number of methoxy groups -OCH3 is 1. The maximum atomic E-state index is 9.41. The molecule has 2 aromatic rings. The monoisotopic (exact) mass is 291 g/mol. The number of rotatable bonds is 5. The van der Waals surface area contributed by atoms with Gasteiger partial charge in [-0.25, -0.2) is 0 Å². The summed E-state index contributed by atoms with van der Waals surface area (Å²) in [6.45, 7) is 2.09. The second-order valence-corrected chi connectivity index (χ2v) is 5.13. The minimum atomic E-state index is 0.0922. The zero-order chi connectivity index (χ0) is 14.5. The van der Waals surface area contributed by atoms with Gasteiger partial charge in [-0.2, -0.15) is 0 Å². The SMILES string of the molecule is COc1ccccc1CC(C)Nc1ccc(O)c(Cl)c1. The van der Waals surface area contributed by atoms with Gasteiger partial charge in [-0.05, 0) is 43.2 Å². The van der Waals surface area contributed by atoms with Crippen molar-refractivity contribution >= 4 is 17.3 Å². The van der Waals surface area contributed by atoms with Crippen LogP contribution in [-0.2, 0) is 6.42 Å². The Kier molecular flexibility index (Phi) is 4.74. The molecule has 1 atom stereocenters. The van der Waals surface area contributed by atoms with Crippen molar-refractivity contribution in [3.63, 3.8) is 0 Å². The van der Waals surface area contributed by atoms with E-state index in [1.807, 2.05) is 18.2 Å². The molecule has 0 aliphatic rings. The predicted molar refractivity (Wildman–Crippen MR) is 82.9 cm³/mol. The highest BCUT2D eigenvalue weighted by atomic mass is 35.5. The van der Waals surface area contributed by atoms with Crippen LogP contribution in [0.3, 0.4) is 0 Å². The summed E-state index contributed by atoms with van der Waals surface area (Å²) in [6, 6.07) is 13.3. The number of phenolic OH excluding ortho intramolecular Hbond substituents is 1. The van der Waals surface area contributed by atoms with Gasteiger partial charge >= 0.3 is 0 Å². The first kappa shape index (κ1) is 14.5. The molecular formula is C16H18ClNO2. The smallest absolute Gasteiger partial charge is 0.134 e. The van der Waals surface area contributed by atoms with E-state index in [9.17, 15) is 5.11 Å².